The molecule has 3 atom stereocenters. The van der Waals surface area contributed by atoms with Gasteiger partial charge in [-0.1, -0.05) is 73.3 Å². The van der Waals surface area contributed by atoms with Gasteiger partial charge in [-0.05, 0) is 80.4 Å². The second-order valence-electron chi connectivity index (χ2n) is 11.5. The third-order valence-electron chi connectivity index (χ3n) is 8.13. The van der Waals surface area contributed by atoms with Crippen molar-refractivity contribution in [1.29, 1.82) is 0 Å². The van der Waals surface area contributed by atoms with Gasteiger partial charge < -0.3 is 25.4 Å². The molecule has 0 aliphatic carbocycles. The molecular weight excluding hydrogens is 550 g/mol. The smallest absolute Gasteiger partial charge is 0.232 e. The molecule has 0 radical (unpaired) electrons. The van der Waals surface area contributed by atoms with Gasteiger partial charge in [-0.3, -0.25) is 9.59 Å². The third kappa shape index (κ3) is 7.81. The lowest BCUT2D eigenvalue weighted by Gasteiger charge is -2.37. The fraction of sp³-hybridized carbons (Fsp3) is 0.243. The second kappa shape index (κ2) is 14.2. The number of hydrogen-bond donors (Lipinski definition) is 3. The van der Waals surface area contributed by atoms with Gasteiger partial charge in [0.2, 0.25) is 11.8 Å². The van der Waals surface area contributed by atoms with E-state index < -0.39 is 17.4 Å². The first-order valence-electron chi connectivity index (χ1n) is 14.9. The number of carbonyl (C=O) groups excluding carboxylic acids is 2. The summed E-state index contributed by atoms with van der Waals surface area (Å²) < 4.78 is 12.0. The van der Waals surface area contributed by atoms with Gasteiger partial charge >= 0.3 is 0 Å². The number of nitrogens with one attached hydrogen (secondary N) is 3. The third-order valence-corrected chi connectivity index (χ3v) is 8.13. The van der Waals surface area contributed by atoms with Crippen LogP contribution in [0.25, 0.3) is 5.57 Å². The summed E-state index contributed by atoms with van der Waals surface area (Å²) in [5.74, 6) is 0.233. The van der Waals surface area contributed by atoms with Gasteiger partial charge in [0.25, 0.3) is 0 Å². The van der Waals surface area contributed by atoms with Crippen molar-refractivity contribution >= 4 is 28.8 Å². The van der Waals surface area contributed by atoms with E-state index in [0.29, 0.717) is 30.9 Å². The fourth-order valence-electron chi connectivity index (χ4n) is 5.53. The van der Waals surface area contributed by atoms with Gasteiger partial charge in [-0.15, -0.1) is 0 Å². The van der Waals surface area contributed by atoms with E-state index in [2.05, 4.69) is 22.5 Å². The summed E-state index contributed by atoms with van der Waals surface area (Å²) in [6.07, 6.45) is 0.911. The van der Waals surface area contributed by atoms with Crippen LogP contribution in [0, 0.1) is 11.8 Å². The van der Waals surface area contributed by atoms with Crippen LogP contribution < -0.4 is 20.7 Å². The number of ether oxygens (including phenoxy) is 2. The van der Waals surface area contributed by atoms with Crippen molar-refractivity contribution < 1.29 is 19.1 Å². The minimum absolute atomic E-state index is 0.0886. The Bertz CT molecular complexity index is 1570. The molecule has 0 spiro atoms. The first-order chi connectivity index (χ1) is 21.3. The number of benzene rings is 4. The van der Waals surface area contributed by atoms with Crippen LogP contribution >= 0.6 is 0 Å². The predicted molar refractivity (Wildman–Crippen MR) is 175 cm³/mol. The fourth-order valence-corrected chi connectivity index (χ4v) is 5.53. The van der Waals surface area contributed by atoms with E-state index in [1.54, 1.807) is 0 Å². The van der Waals surface area contributed by atoms with E-state index in [-0.39, 0.29) is 18.4 Å². The molecule has 44 heavy (non-hydrogen) atoms. The highest BCUT2D eigenvalue weighted by Crippen LogP contribution is 2.39. The van der Waals surface area contributed by atoms with Gasteiger partial charge in [-0.2, -0.15) is 0 Å². The second-order valence-corrected chi connectivity index (χ2v) is 11.5. The zero-order valence-corrected chi connectivity index (χ0v) is 25.2. The molecule has 1 aliphatic rings. The van der Waals surface area contributed by atoms with Crippen molar-refractivity contribution in [1.82, 2.24) is 5.32 Å². The monoisotopic (exact) mass is 589 g/mol. The molecule has 0 saturated heterocycles. The summed E-state index contributed by atoms with van der Waals surface area (Å²) in [7, 11) is 1.86. The van der Waals surface area contributed by atoms with Crippen LogP contribution in [0.5, 0.6) is 11.5 Å². The molecule has 0 fully saturated rings. The number of anilines is 2. The zero-order chi connectivity index (χ0) is 30.9. The molecule has 1 aliphatic heterocycles. The summed E-state index contributed by atoms with van der Waals surface area (Å²) in [6.45, 7) is 6.94. The van der Waals surface area contributed by atoms with Crippen molar-refractivity contribution in [3.8, 4) is 11.5 Å². The number of para-hydroxylation sites is 2. The van der Waals surface area contributed by atoms with Crippen LogP contribution in [0.2, 0.25) is 0 Å². The lowest BCUT2D eigenvalue weighted by molar-refractivity contribution is -0.123. The number of carbonyl (C=O) groups is 2. The number of fused-ring (bicyclic) bond motifs is 1. The zero-order valence-electron chi connectivity index (χ0n) is 25.2. The van der Waals surface area contributed by atoms with Gasteiger partial charge in [-0.25, -0.2) is 0 Å². The van der Waals surface area contributed by atoms with Crippen molar-refractivity contribution in [2.45, 2.75) is 31.9 Å². The molecule has 2 amide bonds. The van der Waals surface area contributed by atoms with Crippen LogP contribution in [0.3, 0.4) is 0 Å². The molecule has 4 aromatic rings. The van der Waals surface area contributed by atoms with Crippen molar-refractivity contribution in [3.63, 3.8) is 0 Å². The lowest BCUT2D eigenvalue weighted by atomic mass is 9.76. The highest BCUT2D eigenvalue weighted by Gasteiger charge is 2.38. The van der Waals surface area contributed by atoms with Crippen molar-refractivity contribution in [2.75, 3.05) is 24.3 Å². The Labute approximate surface area is 259 Å². The Morgan fingerprint density at radius 2 is 1.55 bits per heavy atom. The maximum atomic E-state index is 13.8. The summed E-state index contributed by atoms with van der Waals surface area (Å²) in [5.41, 5.74) is 3.62. The molecule has 3 N–H and O–H groups in total. The highest BCUT2D eigenvalue weighted by atomic mass is 16.5. The van der Waals surface area contributed by atoms with E-state index in [1.165, 1.54) is 0 Å². The van der Waals surface area contributed by atoms with Gasteiger partial charge in [0.1, 0.15) is 11.5 Å². The van der Waals surface area contributed by atoms with Crippen LogP contribution in [0.4, 0.5) is 11.4 Å². The minimum Gasteiger partial charge on any atom is -0.457 e. The molecule has 1 heterocycles. The summed E-state index contributed by atoms with van der Waals surface area (Å²) >= 11 is 0. The van der Waals surface area contributed by atoms with Gasteiger partial charge in [0.15, 0.2) is 0 Å². The number of rotatable bonds is 13. The summed E-state index contributed by atoms with van der Waals surface area (Å²) in [6, 6.07) is 34.4. The molecular formula is C37H39N3O4. The normalized spacial score (nSPS) is 16.3. The Kier molecular flexibility index (Phi) is 9.89. The largest absolute Gasteiger partial charge is 0.457 e. The molecule has 4 aromatic carbocycles. The number of amides is 2. The SMILES string of the molecule is C=C1c2ccccc2NC(=O)C1CC(C)(CC(COCc1ccccc1)C(=O)Nc1ccc(Oc2ccccc2)cc1)NC. The average Bonchev–Trinajstić information content (AvgIpc) is 3.04. The van der Waals surface area contributed by atoms with E-state index in [4.69, 9.17) is 9.47 Å². The molecule has 0 saturated carbocycles. The molecule has 0 aromatic heterocycles. The predicted octanol–water partition coefficient (Wildman–Crippen LogP) is 7.29. The van der Waals surface area contributed by atoms with Crippen molar-refractivity contribution in [2.24, 2.45) is 11.8 Å². The minimum atomic E-state index is -0.567. The quantitative estimate of drug-likeness (QED) is 0.152. The Hall–Kier alpha value is -4.72. The Morgan fingerprint density at radius 1 is 0.909 bits per heavy atom. The first kappa shape index (κ1) is 30.7. The maximum absolute atomic E-state index is 13.8. The van der Waals surface area contributed by atoms with E-state index >= 15 is 0 Å². The van der Waals surface area contributed by atoms with E-state index in [1.807, 2.05) is 123 Å². The van der Waals surface area contributed by atoms with Crippen LogP contribution in [0.15, 0.2) is 116 Å². The molecule has 5 rings (SSSR count). The molecule has 7 nitrogen and oxygen atoms in total. The molecule has 226 valence electrons. The van der Waals surface area contributed by atoms with Crippen LogP contribution in [-0.4, -0.2) is 31.0 Å². The molecule has 0 bridgehead atoms. The topological polar surface area (TPSA) is 88.7 Å². The van der Waals surface area contributed by atoms with Crippen molar-refractivity contribution in [3.05, 3.63) is 127 Å². The average molecular weight is 590 g/mol. The highest BCUT2D eigenvalue weighted by molar-refractivity contribution is 6.07. The Morgan fingerprint density at radius 3 is 2.25 bits per heavy atom. The van der Waals surface area contributed by atoms with E-state index in [0.717, 1.165) is 28.1 Å². The standard InChI is InChI=1S/C37H39N3O4/c1-26-32-16-10-11-17-34(32)40-36(42)33(26)23-37(2,38-3)22-28(25-43-24-27-12-6-4-7-13-27)35(41)39-29-18-20-31(21-19-29)44-30-14-8-5-9-15-30/h4-21,28,33,38H,1,22-25H2,2-3H3,(H,39,41)(H,40,42). The summed E-state index contributed by atoms with van der Waals surface area (Å²) in [5, 5.41) is 9.50. The van der Waals surface area contributed by atoms with Gasteiger partial charge in [0, 0.05) is 22.5 Å². The molecule has 7 heteroatoms. The summed E-state index contributed by atoms with van der Waals surface area (Å²) in [4.78, 5) is 26.9. The maximum Gasteiger partial charge on any atom is 0.232 e. The number of hydrogen-bond acceptors (Lipinski definition) is 5. The van der Waals surface area contributed by atoms with Crippen LogP contribution in [0.1, 0.15) is 30.9 Å². The van der Waals surface area contributed by atoms with Gasteiger partial charge in [0.05, 0.1) is 25.0 Å². The lowest BCUT2D eigenvalue weighted by Crippen LogP contribution is -2.48. The Balaban J connectivity index is 1.29. The molecule has 3 unspecified atom stereocenters. The van der Waals surface area contributed by atoms with E-state index in [9.17, 15) is 9.59 Å². The van der Waals surface area contributed by atoms with Crippen LogP contribution in [-0.2, 0) is 20.9 Å². The first-order valence-corrected chi connectivity index (χ1v) is 14.9.